The lowest BCUT2D eigenvalue weighted by molar-refractivity contribution is 0.0781. The molecule has 0 fully saturated rings. The molecule has 174 valence electrons. The fraction of sp³-hybridized carbons (Fsp3) is 0.0870. The number of halogens is 2. The molecule has 8 nitrogen and oxygen atoms in total. The highest BCUT2D eigenvalue weighted by Gasteiger charge is 2.19. The molecule has 0 saturated heterocycles. The number of carbonyl (C=O) groups excluding carboxylic acids is 1. The molecule has 3 aromatic carbocycles. The van der Waals surface area contributed by atoms with Crippen molar-refractivity contribution in [1.29, 1.82) is 0 Å². The van der Waals surface area contributed by atoms with E-state index in [1.165, 1.54) is 36.2 Å². The van der Waals surface area contributed by atoms with Crippen LogP contribution in [0.2, 0.25) is 0 Å². The fourth-order valence-corrected chi connectivity index (χ4v) is 4.36. The van der Waals surface area contributed by atoms with Gasteiger partial charge in [-0.15, -0.1) is 0 Å². The molecular weight excluding hydrogens is 466 g/mol. The van der Waals surface area contributed by atoms with E-state index >= 15 is 0 Å². The van der Waals surface area contributed by atoms with Crippen LogP contribution < -0.4 is 10.3 Å². The molecule has 0 aliphatic heterocycles. The van der Waals surface area contributed by atoms with Gasteiger partial charge in [0.15, 0.2) is 11.6 Å². The first-order valence-electron chi connectivity index (χ1n) is 9.95. The summed E-state index contributed by atoms with van der Waals surface area (Å²) < 4.78 is 53.9. The maximum absolute atomic E-state index is 13.5. The zero-order valence-electron chi connectivity index (χ0n) is 17.7. The van der Waals surface area contributed by atoms with Gasteiger partial charge in [-0.3, -0.25) is 14.3 Å². The molecule has 1 aromatic heterocycles. The first-order chi connectivity index (χ1) is 16.1. The van der Waals surface area contributed by atoms with E-state index in [4.69, 9.17) is 0 Å². The van der Waals surface area contributed by atoms with Crippen LogP contribution >= 0.6 is 0 Å². The van der Waals surface area contributed by atoms with Gasteiger partial charge in [0, 0.05) is 18.3 Å². The van der Waals surface area contributed by atoms with Crippen LogP contribution in [0.4, 0.5) is 14.5 Å². The van der Waals surface area contributed by atoms with E-state index in [0.29, 0.717) is 23.0 Å². The third kappa shape index (κ3) is 4.79. The molecule has 0 unspecified atom stereocenters. The van der Waals surface area contributed by atoms with Gasteiger partial charge in [0.1, 0.15) is 5.82 Å². The Morgan fingerprint density at radius 3 is 2.56 bits per heavy atom. The number of hydrogen-bond acceptors (Lipinski definition) is 5. The molecule has 1 heterocycles. The van der Waals surface area contributed by atoms with Crippen LogP contribution in [0.25, 0.3) is 10.9 Å². The van der Waals surface area contributed by atoms with Crippen molar-refractivity contribution in [3.8, 4) is 0 Å². The van der Waals surface area contributed by atoms with Crippen LogP contribution in [0.15, 0.2) is 76.4 Å². The summed E-state index contributed by atoms with van der Waals surface area (Å²) in [5, 5.41) is 0.432. The Labute approximate surface area is 192 Å². The van der Waals surface area contributed by atoms with Crippen molar-refractivity contribution in [3.63, 3.8) is 0 Å². The predicted molar refractivity (Wildman–Crippen MR) is 122 cm³/mol. The van der Waals surface area contributed by atoms with Crippen molar-refractivity contribution in [1.82, 2.24) is 14.9 Å². The molecule has 0 aliphatic carbocycles. The summed E-state index contributed by atoms with van der Waals surface area (Å²) in [7, 11) is -2.71. The van der Waals surface area contributed by atoms with Gasteiger partial charge in [-0.2, -0.15) is 0 Å². The van der Waals surface area contributed by atoms with E-state index in [0.717, 1.165) is 6.07 Å². The topological polar surface area (TPSA) is 112 Å². The molecular formula is C23H18F2N4O4S. The van der Waals surface area contributed by atoms with Crippen LogP contribution in [0, 0.1) is 11.6 Å². The Morgan fingerprint density at radius 1 is 1.03 bits per heavy atom. The quantitative estimate of drug-likeness (QED) is 0.436. The van der Waals surface area contributed by atoms with Gasteiger partial charge in [-0.1, -0.05) is 18.2 Å². The van der Waals surface area contributed by atoms with Gasteiger partial charge in [0.25, 0.3) is 21.5 Å². The number of anilines is 1. The number of H-pyrrole nitrogens is 1. The normalized spacial score (nSPS) is 11.4. The van der Waals surface area contributed by atoms with Gasteiger partial charge in [0.2, 0.25) is 0 Å². The third-order valence-corrected chi connectivity index (χ3v) is 6.34. The minimum absolute atomic E-state index is 0.00369. The summed E-state index contributed by atoms with van der Waals surface area (Å²) in [5.41, 5.74) is 0.392. The number of aromatic amines is 1. The molecule has 11 heteroatoms. The van der Waals surface area contributed by atoms with Gasteiger partial charge in [0.05, 0.1) is 22.3 Å². The zero-order valence-corrected chi connectivity index (χ0v) is 18.6. The molecule has 0 spiro atoms. The Balaban J connectivity index is 1.53. The monoisotopic (exact) mass is 484 g/mol. The number of nitrogens with zero attached hydrogens (tertiary/aromatic N) is 2. The maximum atomic E-state index is 13.5. The van der Waals surface area contributed by atoms with E-state index in [2.05, 4.69) is 14.7 Å². The van der Waals surface area contributed by atoms with Crippen molar-refractivity contribution in [2.75, 3.05) is 11.8 Å². The van der Waals surface area contributed by atoms with Crippen LogP contribution in [0.5, 0.6) is 0 Å². The summed E-state index contributed by atoms with van der Waals surface area (Å²) in [6.07, 6.45) is 0. The first kappa shape index (κ1) is 23.1. The largest absolute Gasteiger partial charge is 0.334 e. The molecule has 1 amide bonds. The minimum atomic E-state index is -4.22. The molecule has 2 N–H and O–H groups in total. The number of carbonyl (C=O) groups is 1. The second kappa shape index (κ2) is 9.02. The molecule has 4 rings (SSSR count). The summed E-state index contributed by atoms with van der Waals surface area (Å²) >= 11 is 0. The average Bonchev–Trinajstić information content (AvgIpc) is 2.80. The summed E-state index contributed by atoms with van der Waals surface area (Å²) in [4.78, 5) is 33.0. The van der Waals surface area contributed by atoms with Crippen LogP contribution in [-0.4, -0.2) is 36.2 Å². The second-order valence-corrected chi connectivity index (χ2v) is 9.14. The lowest BCUT2D eigenvalue weighted by atomic mass is 10.2. The molecule has 0 bridgehead atoms. The SMILES string of the molecule is CN(Cc1nc2ccccc2c(=O)[nH]1)C(=O)c1cccc(NS(=O)(=O)c2ccc(F)c(F)c2)c1. The maximum Gasteiger partial charge on any atom is 0.261 e. The van der Waals surface area contributed by atoms with Gasteiger partial charge in [-0.25, -0.2) is 22.2 Å². The highest BCUT2D eigenvalue weighted by Crippen LogP contribution is 2.20. The van der Waals surface area contributed by atoms with Gasteiger partial charge >= 0.3 is 0 Å². The van der Waals surface area contributed by atoms with Crippen molar-refractivity contribution in [3.05, 3.63) is 100 Å². The number of amides is 1. The highest BCUT2D eigenvalue weighted by atomic mass is 32.2. The smallest absolute Gasteiger partial charge is 0.261 e. The summed E-state index contributed by atoms with van der Waals surface area (Å²) in [6.45, 7) is 0.00369. The lowest BCUT2D eigenvalue weighted by Gasteiger charge is -2.17. The first-order valence-corrected chi connectivity index (χ1v) is 11.4. The number of sulfonamides is 1. The number of fused-ring (bicyclic) bond motifs is 1. The summed E-state index contributed by atoms with van der Waals surface area (Å²) in [5.74, 6) is -2.63. The van der Waals surface area contributed by atoms with Gasteiger partial charge in [-0.05, 0) is 48.5 Å². The molecule has 0 aliphatic rings. The van der Waals surface area contributed by atoms with E-state index in [9.17, 15) is 26.8 Å². The lowest BCUT2D eigenvalue weighted by Crippen LogP contribution is -2.28. The van der Waals surface area contributed by atoms with Crippen molar-refractivity contribution in [2.45, 2.75) is 11.4 Å². The molecule has 4 aromatic rings. The molecule has 0 radical (unpaired) electrons. The number of nitrogens with one attached hydrogen (secondary N) is 2. The molecule has 0 saturated carbocycles. The highest BCUT2D eigenvalue weighted by molar-refractivity contribution is 7.92. The number of benzene rings is 3. The summed E-state index contributed by atoms with van der Waals surface area (Å²) in [6, 6.07) is 14.7. The Bertz CT molecular complexity index is 1570. The second-order valence-electron chi connectivity index (χ2n) is 7.45. The van der Waals surface area contributed by atoms with E-state index in [1.54, 1.807) is 24.3 Å². The minimum Gasteiger partial charge on any atom is -0.334 e. The number of para-hydroxylation sites is 1. The van der Waals surface area contributed by atoms with E-state index in [-0.39, 0.29) is 29.2 Å². The number of aromatic nitrogens is 2. The van der Waals surface area contributed by atoms with Gasteiger partial charge < -0.3 is 9.88 Å². The number of rotatable bonds is 6. The van der Waals surface area contributed by atoms with Crippen LogP contribution in [0.1, 0.15) is 16.2 Å². The van der Waals surface area contributed by atoms with E-state index < -0.39 is 32.5 Å². The predicted octanol–water partition coefficient (Wildman–Crippen LogP) is 3.27. The Hall–Kier alpha value is -4.12. The van der Waals surface area contributed by atoms with E-state index in [1.807, 2.05) is 0 Å². The van der Waals surface area contributed by atoms with Crippen LogP contribution in [0.3, 0.4) is 0 Å². The molecule has 0 atom stereocenters. The zero-order chi connectivity index (χ0) is 24.5. The molecule has 34 heavy (non-hydrogen) atoms. The Morgan fingerprint density at radius 2 is 1.79 bits per heavy atom. The average molecular weight is 484 g/mol. The Kier molecular flexibility index (Phi) is 6.12. The third-order valence-electron chi connectivity index (χ3n) is 4.96. The standard InChI is InChI=1S/C23H18F2N4O4S/c1-29(13-21-26-20-8-3-2-7-17(20)22(30)27-21)23(31)14-5-4-6-15(11-14)28-34(32,33)16-9-10-18(24)19(25)12-16/h2-12,28H,13H2,1H3,(H,26,27,30). The fourth-order valence-electron chi connectivity index (χ4n) is 3.30. The van der Waals surface area contributed by atoms with Crippen LogP contribution in [-0.2, 0) is 16.6 Å². The van der Waals surface area contributed by atoms with Crippen molar-refractivity contribution < 1.29 is 22.0 Å². The van der Waals surface area contributed by atoms with Crippen molar-refractivity contribution >= 4 is 32.5 Å². The number of hydrogen-bond donors (Lipinski definition) is 2. The van der Waals surface area contributed by atoms with Crippen molar-refractivity contribution in [2.24, 2.45) is 0 Å².